The van der Waals surface area contributed by atoms with Gasteiger partial charge in [-0.05, 0) is 37.3 Å². The SMILES string of the molecule is Clc1nc(Cl)c2c(n1)CCC1(CCOC1)C2. The van der Waals surface area contributed by atoms with Crippen molar-refractivity contribution >= 4 is 23.2 Å². The van der Waals surface area contributed by atoms with Crippen LogP contribution in [-0.4, -0.2) is 23.2 Å². The van der Waals surface area contributed by atoms with Gasteiger partial charge in [-0.1, -0.05) is 11.6 Å². The van der Waals surface area contributed by atoms with E-state index in [1.54, 1.807) is 0 Å². The second-order valence-electron chi connectivity index (χ2n) is 4.69. The van der Waals surface area contributed by atoms with E-state index in [1.807, 2.05) is 0 Å². The molecule has 1 fully saturated rings. The molecule has 16 heavy (non-hydrogen) atoms. The largest absolute Gasteiger partial charge is 0.381 e. The Bertz CT molecular complexity index is 430. The van der Waals surface area contributed by atoms with Crippen LogP contribution in [0.2, 0.25) is 10.4 Å². The van der Waals surface area contributed by atoms with Crippen LogP contribution in [0, 0.1) is 5.41 Å². The van der Waals surface area contributed by atoms with Gasteiger partial charge in [-0.15, -0.1) is 0 Å². The van der Waals surface area contributed by atoms with E-state index in [0.717, 1.165) is 50.2 Å². The van der Waals surface area contributed by atoms with E-state index in [-0.39, 0.29) is 10.7 Å². The van der Waals surface area contributed by atoms with Gasteiger partial charge in [-0.3, -0.25) is 0 Å². The van der Waals surface area contributed by atoms with E-state index in [1.165, 1.54) is 0 Å². The van der Waals surface area contributed by atoms with Crippen LogP contribution in [0.1, 0.15) is 24.1 Å². The molecule has 3 nitrogen and oxygen atoms in total. The monoisotopic (exact) mass is 258 g/mol. The van der Waals surface area contributed by atoms with Gasteiger partial charge in [0.2, 0.25) is 5.28 Å². The zero-order valence-electron chi connectivity index (χ0n) is 8.80. The predicted octanol–water partition coefficient (Wildman–Crippen LogP) is 2.68. The summed E-state index contributed by atoms with van der Waals surface area (Å²) in [6, 6.07) is 0. The van der Waals surface area contributed by atoms with Crippen LogP contribution in [0.5, 0.6) is 0 Å². The van der Waals surface area contributed by atoms with Crippen LogP contribution in [0.25, 0.3) is 0 Å². The van der Waals surface area contributed by atoms with Crippen molar-refractivity contribution in [3.8, 4) is 0 Å². The Hall–Kier alpha value is -0.380. The molecule has 1 spiro atoms. The smallest absolute Gasteiger partial charge is 0.224 e. The summed E-state index contributed by atoms with van der Waals surface area (Å²) in [5.74, 6) is 0. The lowest BCUT2D eigenvalue weighted by molar-refractivity contribution is 0.141. The van der Waals surface area contributed by atoms with Crippen molar-refractivity contribution in [3.63, 3.8) is 0 Å². The predicted molar refractivity (Wildman–Crippen MR) is 61.9 cm³/mol. The van der Waals surface area contributed by atoms with Gasteiger partial charge < -0.3 is 4.74 Å². The summed E-state index contributed by atoms with van der Waals surface area (Å²) in [4.78, 5) is 8.28. The number of aryl methyl sites for hydroxylation is 1. The van der Waals surface area contributed by atoms with Crippen molar-refractivity contribution in [3.05, 3.63) is 21.7 Å². The highest BCUT2D eigenvalue weighted by Crippen LogP contribution is 2.42. The molecule has 0 bridgehead atoms. The maximum absolute atomic E-state index is 6.13. The second kappa shape index (κ2) is 3.83. The number of hydrogen-bond acceptors (Lipinski definition) is 3. The summed E-state index contributed by atoms with van der Waals surface area (Å²) in [5.41, 5.74) is 2.36. The number of aromatic nitrogens is 2. The summed E-state index contributed by atoms with van der Waals surface area (Å²) in [5, 5.41) is 0.767. The first-order chi connectivity index (χ1) is 7.69. The van der Waals surface area contributed by atoms with E-state index in [0.29, 0.717) is 5.15 Å². The summed E-state index contributed by atoms with van der Waals surface area (Å²) in [7, 11) is 0. The highest BCUT2D eigenvalue weighted by atomic mass is 35.5. The zero-order chi connectivity index (χ0) is 11.2. The maximum Gasteiger partial charge on any atom is 0.224 e. The van der Waals surface area contributed by atoms with Crippen LogP contribution in [-0.2, 0) is 17.6 Å². The van der Waals surface area contributed by atoms with Gasteiger partial charge in [-0.25, -0.2) is 9.97 Å². The molecule has 0 amide bonds. The molecular formula is C11H12Cl2N2O. The first-order valence-electron chi connectivity index (χ1n) is 5.47. The first kappa shape index (κ1) is 10.8. The summed E-state index contributed by atoms with van der Waals surface area (Å²) in [6.07, 6.45) is 4.09. The summed E-state index contributed by atoms with van der Waals surface area (Å²) < 4.78 is 5.51. The average Bonchev–Trinajstić information content (AvgIpc) is 2.68. The number of halogens is 2. The molecule has 0 aromatic carbocycles. The number of rotatable bonds is 0. The molecule has 1 aliphatic carbocycles. The molecule has 0 radical (unpaired) electrons. The van der Waals surface area contributed by atoms with Gasteiger partial charge in [0.25, 0.3) is 0 Å². The molecule has 86 valence electrons. The molecule has 2 aliphatic rings. The van der Waals surface area contributed by atoms with Crippen LogP contribution in [0.4, 0.5) is 0 Å². The fourth-order valence-corrected chi connectivity index (χ4v) is 3.17. The lowest BCUT2D eigenvalue weighted by Crippen LogP contribution is -2.30. The Morgan fingerprint density at radius 3 is 2.81 bits per heavy atom. The van der Waals surface area contributed by atoms with Crippen molar-refractivity contribution in [2.75, 3.05) is 13.2 Å². The third-order valence-electron chi connectivity index (χ3n) is 3.64. The molecule has 1 atom stereocenters. The van der Waals surface area contributed by atoms with Crippen LogP contribution < -0.4 is 0 Å². The fraction of sp³-hybridized carbons (Fsp3) is 0.636. The molecular weight excluding hydrogens is 247 g/mol. The quantitative estimate of drug-likeness (QED) is 0.530. The minimum Gasteiger partial charge on any atom is -0.381 e. The zero-order valence-corrected chi connectivity index (χ0v) is 10.3. The lowest BCUT2D eigenvalue weighted by Gasteiger charge is -2.32. The molecule has 5 heteroatoms. The van der Waals surface area contributed by atoms with Crippen LogP contribution in [0.3, 0.4) is 0 Å². The van der Waals surface area contributed by atoms with E-state index in [2.05, 4.69) is 9.97 Å². The minimum atomic E-state index is 0.252. The first-order valence-corrected chi connectivity index (χ1v) is 6.23. The Balaban J connectivity index is 1.99. The van der Waals surface area contributed by atoms with Crippen molar-refractivity contribution in [2.45, 2.75) is 25.7 Å². The Morgan fingerprint density at radius 2 is 2.06 bits per heavy atom. The molecule has 1 aliphatic heterocycles. The Labute approximate surface area is 104 Å². The molecule has 1 aromatic rings. The third kappa shape index (κ3) is 1.71. The van der Waals surface area contributed by atoms with Gasteiger partial charge in [-0.2, -0.15) is 0 Å². The minimum absolute atomic E-state index is 0.252. The van der Waals surface area contributed by atoms with E-state index in [4.69, 9.17) is 27.9 Å². The topological polar surface area (TPSA) is 35.0 Å². The Morgan fingerprint density at radius 1 is 1.19 bits per heavy atom. The van der Waals surface area contributed by atoms with Crippen LogP contribution >= 0.6 is 23.2 Å². The normalized spacial score (nSPS) is 28.4. The van der Waals surface area contributed by atoms with Gasteiger partial charge in [0.1, 0.15) is 5.15 Å². The fourth-order valence-electron chi connectivity index (χ4n) is 2.69. The van der Waals surface area contributed by atoms with Gasteiger partial charge in [0, 0.05) is 17.6 Å². The van der Waals surface area contributed by atoms with E-state index >= 15 is 0 Å². The van der Waals surface area contributed by atoms with E-state index < -0.39 is 0 Å². The van der Waals surface area contributed by atoms with Gasteiger partial charge in [0.05, 0.1) is 12.3 Å². The lowest BCUT2D eigenvalue weighted by atomic mass is 9.73. The second-order valence-corrected chi connectivity index (χ2v) is 5.38. The molecule has 0 saturated carbocycles. The molecule has 0 N–H and O–H groups in total. The molecule has 1 aromatic heterocycles. The molecule has 3 rings (SSSR count). The molecule has 1 unspecified atom stereocenters. The average molecular weight is 259 g/mol. The maximum atomic E-state index is 6.13. The number of ether oxygens (including phenoxy) is 1. The summed E-state index contributed by atoms with van der Waals surface area (Å²) in [6.45, 7) is 1.70. The molecule has 2 heterocycles. The van der Waals surface area contributed by atoms with Crippen LogP contribution in [0.15, 0.2) is 0 Å². The highest BCUT2D eigenvalue weighted by Gasteiger charge is 2.39. The number of nitrogens with zero attached hydrogens (tertiary/aromatic N) is 2. The number of hydrogen-bond donors (Lipinski definition) is 0. The standard InChI is InChI=1S/C11H12Cl2N2O/c12-9-7-5-11(3-4-16-6-11)2-1-8(7)14-10(13)15-9/h1-6H2. The van der Waals surface area contributed by atoms with Crippen molar-refractivity contribution < 1.29 is 4.74 Å². The van der Waals surface area contributed by atoms with E-state index in [9.17, 15) is 0 Å². The van der Waals surface area contributed by atoms with Crippen molar-refractivity contribution in [1.82, 2.24) is 9.97 Å². The summed E-state index contributed by atoms with van der Waals surface area (Å²) >= 11 is 11.9. The van der Waals surface area contributed by atoms with Crippen molar-refractivity contribution in [1.29, 1.82) is 0 Å². The molecule has 1 saturated heterocycles. The Kier molecular flexibility index (Phi) is 2.57. The van der Waals surface area contributed by atoms with Crippen molar-refractivity contribution in [2.24, 2.45) is 5.41 Å². The number of fused-ring (bicyclic) bond motifs is 1. The third-order valence-corrected chi connectivity index (χ3v) is 4.13. The van der Waals surface area contributed by atoms with Gasteiger partial charge in [0.15, 0.2) is 0 Å². The van der Waals surface area contributed by atoms with Gasteiger partial charge >= 0.3 is 0 Å². The highest BCUT2D eigenvalue weighted by molar-refractivity contribution is 6.32.